The number of amides is 1. The number of benzene rings is 1. The van der Waals surface area contributed by atoms with Crippen molar-refractivity contribution in [3.8, 4) is 0 Å². The van der Waals surface area contributed by atoms with Gasteiger partial charge in [0.05, 0.1) is 12.2 Å². The number of imidazole rings is 1. The van der Waals surface area contributed by atoms with E-state index in [4.69, 9.17) is 14.7 Å². The number of carbonyl (C=O) groups is 1. The van der Waals surface area contributed by atoms with Gasteiger partial charge in [0.15, 0.2) is 11.2 Å². The van der Waals surface area contributed by atoms with E-state index < -0.39 is 22.9 Å². The number of nitrogens with one attached hydrogen (secondary N) is 1. The van der Waals surface area contributed by atoms with E-state index in [1.165, 1.54) is 9.13 Å². The summed E-state index contributed by atoms with van der Waals surface area (Å²) in [5.74, 6) is 0.586. The van der Waals surface area contributed by atoms with Crippen molar-refractivity contribution in [2.75, 3.05) is 18.0 Å². The van der Waals surface area contributed by atoms with E-state index in [1.807, 2.05) is 81.7 Å². The smallest absolute Gasteiger partial charge is 0.407 e. The highest BCUT2D eigenvalue weighted by molar-refractivity contribution is 5.85. The molecule has 42 heavy (non-hydrogen) atoms. The van der Waals surface area contributed by atoms with Crippen LogP contribution < -0.4 is 21.5 Å². The van der Waals surface area contributed by atoms with Crippen molar-refractivity contribution in [1.29, 1.82) is 0 Å². The van der Waals surface area contributed by atoms with E-state index in [-0.39, 0.29) is 12.6 Å². The number of piperidine rings is 1. The highest BCUT2D eigenvalue weighted by atomic mass is 16.6. The summed E-state index contributed by atoms with van der Waals surface area (Å²) in [7, 11) is 1.64. The van der Waals surface area contributed by atoms with Crippen LogP contribution in [0.25, 0.3) is 21.9 Å². The molecule has 11 nitrogen and oxygen atoms in total. The van der Waals surface area contributed by atoms with Crippen LogP contribution in [-0.2, 0) is 24.9 Å². The highest BCUT2D eigenvalue weighted by Crippen LogP contribution is 2.24. The molecule has 1 saturated heterocycles. The summed E-state index contributed by atoms with van der Waals surface area (Å²) in [6, 6.07) is 9.68. The zero-order valence-corrected chi connectivity index (χ0v) is 25.2. The number of allylic oxidation sites excluding steroid dienone is 2. The molecule has 4 heterocycles. The van der Waals surface area contributed by atoms with Gasteiger partial charge in [-0.1, -0.05) is 36.4 Å². The van der Waals surface area contributed by atoms with Crippen LogP contribution in [0.5, 0.6) is 0 Å². The Bertz CT molecular complexity index is 1790. The molecule has 0 saturated carbocycles. The van der Waals surface area contributed by atoms with E-state index >= 15 is 0 Å². The molecule has 1 aliphatic heterocycles. The number of fused-ring (bicyclic) bond motifs is 2. The SMILES string of the molecule is CC=CCn1c(N2CCC[C@@H](NC(=O)OC(C)(C)C)C2)nc2c1c(=O)n(Cc1nc(C)cc3ccccc13)c(=O)n2C. The molecular weight excluding hydrogens is 534 g/mol. The van der Waals surface area contributed by atoms with E-state index in [0.29, 0.717) is 42.4 Å². The van der Waals surface area contributed by atoms with Crippen molar-refractivity contribution in [3.05, 3.63) is 74.7 Å². The van der Waals surface area contributed by atoms with E-state index in [0.717, 1.165) is 29.3 Å². The molecule has 11 heteroatoms. The van der Waals surface area contributed by atoms with Gasteiger partial charge in [-0.25, -0.2) is 9.59 Å². The fraction of sp³-hybridized carbons (Fsp3) is 0.452. The molecule has 0 aliphatic carbocycles. The van der Waals surface area contributed by atoms with Crippen molar-refractivity contribution < 1.29 is 9.53 Å². The summed E-state index contributed by atoms with van der Waals surface area (Å²) in [6.45, 7) is 11.0. The fourth-order valence-corrected chi connectivity index (χ4v) is 5.56. The van der Waals surface area contributed by atoms with E-state index in [1.54, 1.807) is 7.05 Å². The Morgan fingerprint density at radius 2 is 1.93 bits per heavy atom. The van der Waals surface area contributed by atoms with Crippen LogP contribution in [0.4, 0.5) is 10.7 Å². The summed E-state index contributed by atoms with van der Waals surface area (Å²) in [5, 5.41) is 4.88. The number of alkyl carbamates (subject to hydrolysis) is 1. The maximum absolute atomic E-state index is 14.1. The molecular formula is C31H39N7O4. The van der Waals surface area contributed by atoms with Gasteiger partial charge in [0, 0.05) is 43.8 Å². The molecule has 1 amide bonds. The molecule has 1 atom stereocenters. The topological polar surface area (TPSA) is 116 Å². The summed E-state index contributed by atoms with van der Waals surface area (Å²) in [4.78, 5) is 51.8. The van der Waals surface area contributed by atoms with Gasteiger partial charge < -0.3 is 19.5 Å². The number of rotatable bonds is 6. The molecule has 0 radical (unpaired) electrons. The Morgan fingerprint density at radius 3 is 2.67 bits per heavy atom. The quantitative estimate of drug-likeness (QED) is 0.348. The third-order valence-corrected chi connectivity index (χ3v) is 7.42. The second-order valence-electron chi connectivity index (χ2n) is 11.9. The number of anilines is 1. The zero-order valence-electron chi connectivity index (χ0n) is 25.2. The molecule has 0 unspecified atom stereocenters. The number of pyridine rings is 1. The predicted molar refractivity (Wildman–Crippen MR) is 164 cm³/mol. The van der Waals surface area contributed by atoms with E-state index in [9.17, 15) is 14.4 Å². The van der Waals surface area contributed by atoms with Crippen LogP contribution in [0.3, 0.4) is 0 Å². The first-order valence-electron chi connectivity index (χ1n) is 14.4. The maximum Gasteiger partial charge on any atom is 0.407 e. The first kappa shape index (κ1) is 29.1. The lowest BCUT2D eigenvalue weighted by atomic mass is 10.1. The number of nitrogens with zero attached hydrogens (tertiary/aromatic N) is 6. The van der Waals surface area contributed by atoms with Gasteiger partial charge in [0.1, 0.15) is 5.60 Å². The Kier molecular flexibility index (Phi) is 7.94. The average Bonchev–Trinajstić information content (AvgIpc) is 3.31. The minimum absolute atomic E-state index is 0.0410. The van der Waals surface area contributed by atoms with Gasteiger partial charge in [-0.05, 0) is 58.9 Å². The second-order valence-corrected chi connectivity index (χ2v) is 11.9. The van der Waals surface area contributed by atoms with Crippen molar-refractivity contribution in [2.45, 2.75) is 72.2 Å². The fourth-order valence-electron chi connectivity index (χ4n) is 5.56. The van der Waals surface area contributed by atoms with Crippen molar-refractivity contribution in [1.82, 2.24) is 29.0 Å². The molecule has 5 rings (SSSR count). The van der Waals surface area contributed by atoms with Gasteiger partial charge in [0.25, 0.3) is 5.56 Å². The van der Waals surface area contributed by atoms with Crippen LogP contribution >= 0.6 is 0 Å². The van der Waals surface area contributed by atoms with Crippen LogP contribution in [0.2, 0.25) is 0 Å². The third kappa shape index (κ3) is 5.81. The lowest BCUT2D eigenvalue weighted by Crippen LogP contribution is -2.49. The Morgan fingerprint density at radius 1 is 1.17 bits per heavy atom. The van der Waals surface area contributed by atoms with Crippen molar-refractivity contribution in [3.63, 3.8) is 0 Å². The molecule has 1 N–H and O–H groups in total. The number of aryl methyl sites for hydroxylation is 2. The Hall–Kier alpha value is -4.41. The summed E-state index contributed by atoms with van der Waals surface area (Å²) in [5.41, 5.74) is 0.693. The van der Waals surface area contributed by atoms with E-state index in [2.05, 4.69) is 10.2 Å². The van der Waals surface area contributed by atoms with Crippen LogP contribution in [0, 0.1) is 6.92 Å². The minimum atomic E-state index is -0.593. The van der Waals surface area contributed by atoms with Gasteiger partial charge >= 0.3 is 11.8 Å². The number of hydrogen-bond donors (Lipinski definition) is 1. The van der Waals surface area contributed by atoms with Crippen LogP contribution in [0.15, 0.2) is 52.1 Å². The third-order valence-electron chi connectivity index (χ3n) is 7.42. The van der Waals surface area contributed by atoms with Gasteiger partial charge in [-0.15, -0.1) is 0 Å². The number of hydrogen-bond acceptors (Lipinski definition) is 7. The molecule has 3 aromatic heterocycles. The predicted octanol–water partition coefficient (Wildman–Crippen LogP) is 3.87. The normalized spacial score (nSPS) is 16.0. The number of ether oxygens (including phenoxy) is 1. The molecule has 1 fully saturated rings. The van der Waals surface area contributed by atoms with Crippen LogP contribution in [-0.4, -0.2) is 54.5 Å². The minimum Gasteiger partial charge on any atom is -0.444 e. The molecule has 4 aromatic rings. The first-order chi connectivity index (χ1) is 20.0. The van der Waals surface area contributed by atoms with Crippen molar-refractivity contribution >= 4 is 34.0 Å². The monoisotopic (exact) mass is 573 g/mol. The molecule has 0 bridgehead atoms. The largest absolute Gasteiger partial charge is 0.444 e. The van der Waals surface area contributed by atoms with Gasteiger partial charge in [-0.3, -0.25) is 18.9 Å². The highest BCUT2D eigenvalue weighted by Gasteiger charge is 2.29. The Balaban J connectivity index is 1.57. The van der Waals surface area contributed by atoms with Gasteiger partial charge in [-0.2, -0.15) is 4.98 Å². The lowest BCUT2D eigenvalue weighted by molar-refractivity contribution is 0.0499. The average molecular weight is 574 g/mol. The molecule has 1 aliphatic rings. The van der Waals surface area contributed by atoms with Gasteiger partial charge in [0.2, 0.25) is 5.95 Å². The molecule has 1 aromatic carbocycles. The summed E-state index contributed by atoms with van der Waals surface area (Å²) >= 11 is 0. The molecule has 0 spiro atoms. The standard InChI is InChI=1S/C31H39N7O4/c1-7-8-16-37-25-26(34-28(37)36-15-11-13-22(18-36)33-29(40)42-31(3,4)5)35(6)30(41)38(27(25)39)19-24-23-14-10-9-12-21(23)17-20(2)32-24/h7-10,12,14,17,22H,11,13,15-16,18-19H2,1-6H3,(H,33,40)/t22-/m1/s1. The molecule has 222 valence electrons. The second kappa shape index (κ2) is 11.5. The summed E-state index contributed by atoms with van der Waals surface area (Å²) < 4.78 is 10.0. The first-order valence-corrected chi connectivity index (χ1v) is 14.4. The summed E-state index contributed by atoms with van der Waals surface area (Å²) in [6.07, 6.45) is 5.03. The zero-order chi connectivity index (χ0) is 30.2. The van der Waals surface area contributed by atoms with Crippen LogP contribution in [0.1, 0.15) is 51.9 Å². The Labute approximate surface area is 244 Å². The maximum atomic E-state index is 14.1. The number of carbonyl (C=O) groups excluding carboxylic acids is 1. The van der Waals surface area contributed by atoms with Crippen molar-refractivity contribution in [2.24, 2.45) is 7.05 Å². The lowest BCUT2D eigenvalue weighted by Gasteiger charge is -2.34. The number of aromatic nitrogens is 5.